The zero-order valence-electron chi connectivity index (χ0n) is 9.50. The van der Waals surface area contributed by atoms with E-state index < -0.39 is 5.97 Å². The molecule has 1 heterocycles. The van der Waals surface area contributed by atoms with Crippen LogP contribution in [0.4, 0.5) is 5.69 Å². The quantitative estimate of drug-likeness (QED) is 0.767. The lowest BCUT2D eigenvalue weighted by Gasteiger charge is -2.06. The predicted octanol–water partition coefficient (Wildman–Crippen LogP) is 2.10. The molecule has 0 atom stereocenters. The zero-order chi connectivity index (χ0) is 13.0. The Morgan fingerprint density at radius 3 is 2.44 bits per heavy atom. The SMILES string of the molecule is O=C(O)c1ccc(NCc2ccc(O)cn2)cc1. The Bertz CT molecular complexity index is 535. The van der Waals surface area contributed by atoms with E-state index in [0.29, 0.717) is 6.54 Å². The molecule has 0 saturated heterocycles. The molecule has 0 amide bonds. The lowest BCUT2D eigenvalue weighted by atomic mass is 10.2. The van der Waals surface area contributed by atoms with Crippen LogP contribution in [0.3, 0.4) is 0 Å². The Kier molecular flexibility index (Phi) is 3.43. The maximum Gasteiger partial charge on any atom is 0.335 e. The molecule has 0 aliphatic rings. The number of rotatable bonds is 4. The number of carbonyl (C=O) groups is 1. The van der Waals surface area contributed by atoms with Gasteiger partial charge in [-0.25, -0.2) is 4.79 Å². The van der Waals surface area contributed by atoms with Crippen LogP contribution in [0, 0.1) is 0 Å². The van der Waals surface area contributed by atoms with Gasteiger partial charge in [0.25, 0.3) is 0 Å². The van der Waals surface area contributed by atoms with Crippen LogP contribution < -0.4 is 5.32 Å². The van der Waals surface area contributed by atoms with Gasteiger partial charge in [-0.1, -0.05) is 0 Å². The van der Waals surface area contributed by atoms with Gasteiger partial charge in [0.05, 0.1) is 24.0 Å². The molecule has 0 unspecified atom stereocenters. The number of hydrogen-bond donors (Lipinski definition) is 3. The standard InChI is InChI=1S/C13H12N2O3/c16-12-6-5-11(15-8-12)7-14-10-3-1-9(2-4-10)13(17)18/h1-6,8,14,16H,7H2,(H,17,18). The van der Waals surface area contributed by atoms with Crippen molar-refractivity contribution in [3.8, 4) is 5.75 Å². The van der Waals surface area contributed by atoms with Crippen LogP contribution in [0.1, 0.15) is 16.1 Å². The minimum Gasteiger partial charge on any atom is -0.506 e. The van der Waals surface area contributed by atoms with Crippen LogP contribution in [0.2, 0.25) is 0 Å². The van der Waals surface area contributed by atoms with E-state index in [2.05, 4.69) is 10.3 Å². The number of hydrogen-bond acceptors (Lipinski definition) is 4. The Morgan fingerprint density at radius 1 is 1.17 bits per heavy atom. The fraction of sp³-hybridized carbons (Fsp3) is 0.0769. The third kappa shape index (κ3) is 2.98. The molecule has 18 heavy (non-hydrogen) atoms. The van der Waals surface area contributed by atoms with E-state index in [9.17, 15) is 4.79 Å². The van der Waals surface area contributed by atoms with Gasteiger partial charge in [-0.05, 0) is 36.4 Å². The van der Waals surface area contributed by atoms with Gasteiger partial charge in [-0.15, -0.1) is 0 Å². The van der Waals surface area contributed by atoms with Crippen molar-refractivity contribution in [2.24, 2.45) is 0 Å². The summed E-state index contributed by atoms with van der Waals surface area (Å²) in [6, 6.07) is 9.75. The van der Waals surface area contributed by atoms with Crippen LogP contribution in [0.15, 0.2) is 42.6 Å². The van der Waals surface area contributed by atoms with E-state index in [1.807, 2.05) is 0 Å². The molecule has 92 valence electrons. The summed E-state index contributed by atoms with van der Waals surface area (Å²) in [6.45, 7) is 0.507. The highest BCUT2D eigenvalue weighted by Crippen LogP contribution is 2.12. The fourth-order valence-corrected chi connectivity index (χ4v) is 1.44. The first-order valence-corrected chi connectivity index (χ1v) is 5.36. The van der Waals surface area contributed by atoms with Crippen LogP contribution >= 0.6 is 0 Å². The van der Waals surface area contributed by atoms with Crippen molar-refractivity contribution in [1.82, 2.24) is 4.98 Å². The maximum atomic E-state index is 10.7. The summed E-state index contributed by atoms with van der Waals surface area (Å²) in [5.74, 6) is -0.814. The molecule has 0 spiro atoms. The van der Waals surface area contributed by atoms with Crippen LogP contribution in [-0.4, -0.2) is 21.2 Å². The van der Waals surface area contributed by atoms with Crippen LogP contribution in [0.5, 0.6) is 5.75 Å². The summed E-state index contributed by atoms with van der Waals surface area (Å²) in [5, 5.41) is 21.0. The minimum atomic E-state index is -0.943. The second-order valence-corrected chi connectivity index (χ2v) is 3.74. The number of nitrogens with one attached hydrogen (secondary N) is 1. The van der Waals surface area contributed by atoms with Crippen molar-refractivity contribution < 1.29 is 15.0 Å². The highest BCUT2D eigenvalue weighted by Gasteiger charge is 2.01. The number of pyridine rings is 1. The largest absolute Gasteiger partial charge is 0.506 e. The summed E-state index contributed by atoms with van der Waals surface area (Å²) in [6.07, 6.45) is 1.38. The summed E-state index contributed by atoms with van der Waals surface area (Å²) >= 11 is 0. The molecule has 5 heteroatoms. The van der Waals surface area contributed by atoms with Crippen molar-refractivity contribution >= 4 is 11.7 Å². The monoisotopic (exact) mass is 244 g/mol. The van der Waals surface area contributed by atoms with E-state index in [1.165, 1.54) is 18.3 Å². The number of benzene rings is 1. The predicted molar refractivity (Wildman–Crippen MR) is 66.6 cm³/mol. The highest BCUT2D eigenvalue weighted by atomic mass is 16.4. The molecule has 0 radical (unpaired) electrons. The van der Waals surface area contributed by atoms with Crippen molar-refractivity contribution in [3.63, 3.8) is 0 Å². The Morgan fingerprint density at radius 2 is 1.89 bits per heavy atom. The van der Waals surface area contributed by atoms with Crippen LogP contribution in [0.25, 0.3) is 0 Å². The minimum absolute atomic E-state index is 0.129. The molecular weight excluding hydrogens is 232 g/mol. The molecule has 2 aromatic rings. The van der Waals surface area contributed by atoms with Gasteiger partial charge >= 0.3 is 5.97 Å². The summed E-state index contributed by atoms with van der Waals surface area (Å²) in [4.78, 5) is 14.7. The average Bonchev–Trinajstić information content (AvgIpc) is 2.38. The summed E-state index contributed by atoms with van der Waals surface area (Å²) in [5.41, 5.74) is 1.85. The molecule has 0 saturated carbocycles. The maximum absolute atomic E-state index is 10.7. The zero-order valence-corrected chi connectivity index (χ0v) is 9.50. The summed E-state index contributed by atoms with van der Waals surface area (Å²) in [7, 11) is 0. The molecular formula is C13H12N2O3. The Labute approximate surface area is 104 Å². The van der Waals surface area contributed by atoms with Gasteiger partial charge in [0.15, 0.2) is 0 Å². The normalized spacial score (nSPS) is 10.0. The van der Waals surface area contributed by atoms with E-state index in [4.69, 9.17) is 10.2 Å². The number of aromatic carboxylic acids is 1. The molecule has 0 fully saturated rings. The molecule has 2 rings (SSSR count). The Hall–Kier alpha value is -2.56. The average molecular weight is 244 g/mol. The summed E-state index contributed by atoms with van der Waals surface area (Å²) < 4.78 is 0. The smallest absolute Gasteiger partial charge is 0.335 e. The van der Waals surface area contributed by atoms with E-state index in [1.54, 1.807) is 24.3 Å². The number of aromatic hydroxyl groups is 1. The van der Waals surface area contributed by atoms with Gasteiger partial charge in [-0.2, -0.15) is 0 Å². The molecule has 0 aliphatic carbocycles. The second kappa shape index (κ2) is 5.18. The fourth-order valence-electron chi connectivity index (χ4n) is 1.44. The lowest BCUT2D eigenvalue weighted by Crippen LogP contribution is -2.02. The third-order valence-electron chi connectivity index (χ3n) is 2.41. The number of carboxylic acids is 1. The van der Waals surface area contributed by atoms with Crippen molar-refractivity contribution in [3.05, 3.63) is 53.9 Å². The van der Waals surface area contributed by atoms with E-state index in [0.717, 1.165) is 11.4 Å². The second-order valence-electron chi connectivity index (χ2n) is 3.74. The first kappa shape index (κ1) is 11.9. The van der Waals surface area contributed by atoms with Crippen molar-refractivity contribution in [2.75, 3.05) is 5.32 Å². The molecule has 1 aromatic carbocycles. The van der Waals surface area contributed by atoms with Crippen molar-refractivity contribution in [2.45, 2.75) is 6.54 Å². The number of aromatic nitrogens is 1. The molecule has 0 bridgehead atoms. The Balaban J connectivity index is 1.97. The first-order valence-electron chi connectivity index (χ1n) is 5.36. The van der Waals surface area contributed by atoms with E-state index >= 15 is 0 Å². The molecule has 3 N–H and O–H groups in total. The molecule has 5 nitrogen and oxygen atoms in total. The van der Waals surface area contributed by atoms with E-state index in [-0.39, 0.29) is 11.3 Å². The van der Waals surface area contributed by atoms with Crippen molar-refractivity contribution in [1.29, 1.82) is 0 Å². The van der Waals surface area contributed by atoms with Gasteiger partial charge < -0.3 is 15.5 Å². The lowest BCUT2D eigenvalue weighted by molar-refractivity contribution is 0.0697. The van der Waals surface area contributed by atoms with Crippen LogP contribution in [-0.2, 0) is 6.54 Å². The number of anilines is 1. The van der Waals surface area contributed by atoms with Gasteiger partial charge in [0.2, 0.25) is 0 Å². The molecule has 1 aromatic heterocycles. The highest BCUT2D eigenvalue weighted by molar-refractivity contribution is 5.87. The van der Waals surface area contributed by atoms with Gasteiger partial charge in [0, 0.05) is 5.69 Å². The van der Waals surface area contributed by atoms with Gasteiger partial charge in [0.1, 0.15) is 5.75 Å². The van der Waals surface area contributed by atoms with Gasteiger partial charge in [-0.3, -0.25) is 4.98 Å². The molecule has 0 aliphatic heterocycles. The topological polar surface area (TPSA) is 82.5 Å². The number of carboxylic acid groups (broad SMARTS) is 1. The number of nitrogens with zero attached hydrogens (tertiary/aromatic N) is 1. The third-order valence-corrected chi connectivity index (χ3v) is 2.41. The first-order chi connectivity index (χ1) is 8.65.